The van der Waals surface area contributed by atoms with Gasteiger partial charge in [0.2, 0.25) is 0 Å². The molecular formula is C14H27N. The van der Waals surface area contributed by atoms with Crippen LogP contribution < -0.4 is 5.73 Å². The van der Waals surface area contributed by atoms with Crippen LogP contribution in [0.5, 0.6) is 0 Å². The molecule has 0 aromatic rings. The van der Waals surface area contributed by atoms with E-state index in [0.29, 0.717) is 0 Å². The maximum Gasteiger partial charge on any atom is -0.00596 e. The summed E-state index contributed by atoms with van der Waals surface area (Å²) in [6.07, 6.45) is 12.8. The van der Waals surface area contributed by atoms with Gasteiger partial charge in [-0.1, -0.05) is 45.1 Å². The van der Waals surface area contributed by atoms with Crippen molar-refractivity contribution in [2.75, 3.05) is 0 Å². The van der Waals surface area contributed by atoms with Crippen LogP contribution in [-0.2, 0) is 0 Å². The summed E-state index contributed by atoms with van der Waals surface area (Å²) < 4.78 is 0. The summed E-state index contributed by atoms with van der Waals surface area (Å²) in [5.74, 6) is 0. The monoisotopic (exact) mass is 209 g/mol. The summed E-state index contributed by atoms with van der Waals surface area (Å²) in [4.78, 5) is 0. The number of hydrogen-bond acceptors (Lipinski definition) is 1. The highest BCUT2D eigenvalue weighted by molar-refractivity contribution is 5.23. The molecule has 1 heteroatoms. The predicted molar refractivity (Wildman–Crippen MR) is 69.7 cm³/mol. The first-order valence-corrected chi connectivity index (χ1v) is 6.33. The third kappa shape index (κ3) is 7.24. The van der Waals surface area contributed by atoms with Crippen LogP contribution in [0.15, 0.2) is 23.4 Å². The SMILES string of the molecule is CCCCCCCC(C=CN)=C(C)CC. The van der Waals surface area contributed by atoms with E-state index >= 15 is 0 Å². The molecule has 0 heterocycles. The fraction of sp³-hybridized carbons (Fsp3) is 0.714. The van der Waals surface area contributed by atoms with Gasteiger partial charge in [0, 0.05) is 0 Å². The fourth-order valence-corrected chi connectivity index (χ4v) is 1.70. The van der Waals surface area contributed by atoms with E-state index in [4.69, 9.17) is 5.73 Å². The second-order valence-electron chi connectivity index (χ2n) is 4.18. The Morgan fingerprint density at radius 2 is 1.73 bits per heavy atom. The lowest BCUT2D eigenvalue weighted by atomic mass is 10.00. The van der Waals surface area contributed by atoms with E-state index in [9.17, 15) is 0 Å². The van der Waals surface area contributed by atoms with Gasteiger partial charge in [-0.25, -0.2) is 0 Å². The second-order valence-corrected chi connectivity index (χ2v) is 4.18. The third-order valence-electron chi connectivity index (χ3n) is 2.93. The van der Waals surface area contributed by atoms with Crippen molar-refractivity contribution < 1.29 is 0 Å². The van der Waals surface area contributed by atoms with Gasteiger partial charge in [0.15, 0.2) is 0 Å². The average molecular weight is 209 g/mol. The lowest BCUT2D eigenvalue weighted by Crippen LogP contribution is -1.89. The van der Waals surface area contributed by atoms with Crippen molar-refractivity contribution in [2.45, 2.75) is 65.7 Å². The standard InChI is InChI=1S/C14H27N/c1-4-6-7-8-9-10-14(11-12-15)13(3)5-2/h11-12H,4-10,15H2,1-3H3. The molecule has 0 unspecified atom stereocenters. The van der Waals surface area contributed by atoms with Gasteiger partial charge in [0.05, 0.1) is 0 Å². The molecule has 0 rings (SSSR count). The molecule has 0 aliphatic rings. The molecule has 15 heavy (non-hydrogen) atoms. The first kappa shape index (κ1) is 14.3. The van der Waals surface area contributed by atoms with E-state index in [1.807, 2.05) is 0 Å². The Hall–Kier alpha value is -0.720. The summed E-state index contributed by atoms with van der Waals surface area (Å²) >= 11 is 0. The molecule has 2 N–H and O–H groups in total. The molecule has 0 fully saturated rings. The highest BCUT2D eigenvalue weighted by Crippen LogP contribution is 2.17. The zero-order chi connectivity index (χ0) is 11.5. The van der Waals surface area contributed by atoms with E-state index in [-0.39, 0.29) is 0 Å². The molecule has 0 saturated carbocycles. The van der Waals surface area contributed by atoms with Gasteiger partial charge >= 0.3 is 0 Å². The quantitative estimate of drug-likeness (QED) is 0.461. The van der Waals surface area contributed by atoms with Gasteiger partial charge in [0.1, 0.15) is 0 Å². The van der Waals surface area contributed by atoms with Crippen LogP contribution in [-0.4, -0.2) is 0 Å². The van der Waals surface area contributed by atoms with Crippen LogP contribution in [0.3, 0.4) is 0 Å². The van der Waals surface area contributed by atoms with Crippen molar-refractivity contribution in [2.24, 2.45) is 5.73 Å². The normalized spacial score (nSPS) is 13.3. The molecule has 0 aromatic heterocycles. The zero-order valence-corrected chi connectivity index (χ0v) is 10.7. The van der Waals surface area contributed by atoms with E-state index in [0.717, 1.165) is 6.42 Å². The Kier molecular flexibility index (Phi) is 9.35. The smallest absolute Gasteiger partial charge is 0.00596 e. The molecule has 0 aliphatic carbocycles. The lowest BCUT2D eigenvalue weighted by Gasteiger charge is -2.06. The number of rotatable bonds is 8. The second kappa shape index (κ2) is 9.82. The van der Waals surface area contributed by atoms with Crippen LogP contribution in [0.1, 0.15) is 65.7 Å². The Balaban J connectivity index is 3.88. The first-order chi connectivity index (χ1) is 7.26. The molecule has 0 atom stereocenters. The molecule has 0 bridgehead atoms. The summed E-state index contributed by atoms with van der Waals surface area (Å²) in [7, 11) is 0. The number of unbranched alkanes of at least 4 members (excludes halogenated alkanes) is 4. The van der Waals surface area contributed by atoms with Crippen LogP contribution in [0.2, 0.25) is 0 Å². The Labute approximate surface area is 95.4 Å². The summed E-state index contributed by atoms with van der Waals surface area (Å²) in [6.45, 7) is 6.67. The molecule has 1 nitrogen and oxygen atoms in total. The fourth-order valence-electron chi connectivity index (χ4n) is 1.70. The third-order valence-corrected chi connectivity index (χ3v) is 2.93. The first-order valence-electron chi connectivity index (χ1n) is 6.33. The van der Waals surface area contributed by atoms with E-state index in [1.165, 1.54) is 49.7 Å². The maximum atomic E-state index is 5.46. The van der Waals surface area contributed by atoms with Gasteiger partial charge in [-0.2, -0.15) is 0 Å². The number of hydrogen-bond donors (Lipinski definition) is 1. The van der Waals surface area contributed by atoms with Gasteiger partial charge in [-0.15, -0.1) is 0 Å². The predicted octanol–water partition coefficient (Wildman–Crippen LogP) is 4.55. The van der Waals surface area contributed by atoms with Gasteiger partial charge < -0.3 is 5.73 Å². The van der Waals surface area contributed by atoms with Crippen LogP contribution in [0, 0.1) is 0 Å². The van der Waals surface area contributed by atoms with E-state index < -0.39 is 0 Å². The molecule has 0 aliphatic heterocycles. The largest absolute Gasteiger partial charge is 0.405 e. The number of nitrogens with two attached hydrogens (primary N) is 1. The van der Waals surface area contributed by atoms with Crippen molar-refractivity contribution in [1.29, 1.82) is 0 Å². The van der Waals surface area contributed by atoms with Crippen molar-refractivity contribution in [3.8, 4) is 0 Å². The molecular weight excluding hydrogens is 182 g/mol. The van der Waals surface area contributed by atoms with Crippen LogP contribution in [0.25, 0.3) is 0 Å². The highest BCUT2D eigenvalue weighted by atomic mass is 14.5. The summed E-state index contributed by atoms with van der Waals surface area (Å²) in [5, 5.41) is 0. The maximum absolute atomic E-state index is 5.46. The molecule has 0 spiro atoms. The summed E-state index contributed by atoms with van der Waals surface area (Å²) in [6, 6.07) is 0. The van der Waals surface area contributed by atoms with Gasteiger partial charge in [-0.05, 0) is 44.0 Å². The Bertz CT molecular complexity index is 201. The van der Waals surface area contributed by atoms with Gasteiger partial charge in [0.25, 0.3) is 0 Å². The minimum absolute atomic E-state index is 1.13. The topological polar surface area (TPSA) is 26.0 Å². The van der Waals surface area contributed by atoms with Gasteiger partial charge in [-0.3, -0.25) is 0 Å². The number of allylic oxidation sites excluding steroid dienone is 3. The Morgan fingerprint density at radius 3 is 2.27 bits per heavy atom. The molecule has 0 aromatic carbocycles. The summed E-state index contributed by atoms with van der Waals surface area (Å²) in [5.41, 5.74) is 8.38. The lowest BCUT2D eigenvalue weighted by molar-refractivity contribution is 0.631. The highest BCUT2D eigenvalue weighted by Gasteiger charge is 1.98. The minimum atomic E-state index is 1.13. The van der Waals surface area contributed by atoms with E-state index in [1.54, 1.807) is 6.20 Å². The molecule has 0 amide bonds. The van der Waals surface area contributed by atoms with E-state index in [2.05, 4.69) is 26.8 Å². The van der Waals surface area contributed by atoms with Crippen molar-refractivity contribution in [3.63, 3.8) is 0 Å². The Morgan fingerprint density at radius 1 is 1.07 bits per heavy atom. The molecule has 0 saturated heterocycles. The van der Waals surface area contributed by atoms with Crippen LogP contribution in [0.4, 0.5) is 0 Å². The average Bonchev–Trinajstić information content (AvgIpc) is 2.26. The van der Waals surface area contributed by atoms with Crippen LogP contribution >= 0.6 is 0 Å². The molecule has 0 radical (unpaired) electrons. The van der Waals surface area contributed by atoms with Crippen molar-refractivity contribution in [1.82, 2.24) is 0 Å². The zero-order valence-electron chi connectivity index (χ0n) is 10.7. The molecule has 88 valence electrons. The minimum Gasteiger partial charge on any atom is -0.405 e. The van der Waals surface area contributed by atoms with Crippen molar-refractivity contribution >= 4 is 0 Å². The van der Waals surface area contributed by atoms with Crippen molar-refractivity contribution in [3.05, 3.63) is 23.4 Å².